The topological polar surface area (TPSA) is 58.2 Å². The lowest BCUT2D eigenvalue weighted by molar-refractivity contribution is 0.0963. The van der Waals surface area contributed by atoms with Crippen LogP contribution in [0, 0.1) is 5.82 Å². The van der Waals surface area contributed by atoms with Gasteiger partial charge in [-0.25, -0.2) is 9.18 Å². The number of urea groups is 1. The number of hydrogen-bond donors (Lipinski definition) is 2. The Morgan fingerprint density at radius 1 is 1.00 bits per heavy atom. The van der Waals surface area contributed by atoms with E-state index in [-0.39, 0.29) is 10.6 Å². The molecule has 108 valence electrons. The second kappa shape index (κ2) is 6.56. The van der Waals surface area contributed by atoms with E-state index in [9.17, 15) is 14.0 Å². The minimum Gasteiger partial charge on any atom is -0.308 e. The van der Waals surface area contributed by atoms with Crippen molar-refractivity contribution >= 4 is 40.8 Å². The van der Waals surface area contributed by atoms with Crippen molar-refractivity contribution in [3.8, 4) is 0 Å². The number of amides is 3. The maximum absolute atomic E-state index is 13.5. The van der Waals surface area contributed by atoms with Crippen LogP contribution in [-0.2, 0) is 0 Å². The number of halogens is 3. The smallest absolute Gasteiger partial charge is 0.308 e. The highest BCUT2D eigenvalue weighted by atomic mass is 35.5. The van der Waals surface area contributed by atoms with Crippen molar-refractivity contribution in [1.82, 2.24) is 5.32 Å². The average Bonchev–Trinajstić information content (AvgIpc) is 2.41. The molecule has 0 aromatic heterocycles. The summed E-state index contributed by atoms with van der Waals surface area (Å²) in [5.74, 6) is -1.73. The summed E-state index contributed by atoms with van der Waals surface area (Å²) in [6.07, 6.45) is 0. The van der Waals surface area contributed by atoms with E-state index in [1.807, 2.05) is 5.32 Å². The molecule has 2 rings (SSSR count). The third-order valence-corrected chi connectivity index (χ3v) is 3.09. The first-order valence-electron chi connectivity index (χ1n) is 5.79. The van der Waals surface area contributed by atoms with E-state index in [0.29, 0.717) is 10.7 Å². The number of carbonyl (C=O) groups is 2. The Morgan fingerprint density at radius 3 is 2.29 bits per heavy atom. The van der Waals surface area contributed by atoms with E-state index in [1.165, 1.54) is 12.1 Å². The second-order valence-electron chi connectivity index (χ2n) is 4.01. The van der Waals surface area contributed by atoms with Crippen LogP contribution in [0.5, 0.6) is 0 Å². The molecule has 0 saturated carbocycles. The fraction of sp³-hybridized carbons (Fsp3) is 0. The van der Waals surface area contributed by atoms with Gasteiger partial charge < -0.3 is 5.32 Å². The van der Waals surface area contributed by atoms with Crippen LogP contribution in [0.25, 0.3) is 0 Å². The zero-order valence-corrected chi connectivity index (χ0v) is 12.0. The van der Waals surface area contributed by atoms with Gasteiger partial charge in [-0.15, -0.1) is 0 Å². The number of nitrogens with one attached hydrogen (secondary N) is 2. The van der Waals surface area contributed by atoms with Gasteiger partial charge >= 0.3 is 6.03 Å². The van der Waals surface area contributed by atoms with Gasteiger partial charge in [-0.05, 0) is 36.4 Å². The Kier molecular flexibility index (Phi) is 4.77. The number of carbonyl (C=O) groups excluding carboxylic acids is 2. The molecule has 0 heterocycles. The summed E-state index contributed by atoms with van der Waals surface area (Å²) in [5.41, 5.74) is 0.0507. The number of imide groups is 1. The normalized spacial score (nSPS) is 10.0. The molecule has 0 aliphatic heterocycles. The molecule has 2 N–H and O–H groups in total. The maximum Gasteiger partial charge on any atom is 0.326 e. The third kappa shape index (κ3) is 3.93. The van der Waals surface area contributed by atoms with Crippen LogP contribution in [0.2, 0.25) is 10.0 Å². The van der Waals surface area contributed by atoms with Crippen LogP contribution in [0.15, 0.2) is 42.5 Å². The zero-order valence-electron chi connectivity index (χ0n) is 10.5. The van der Waals surface area contributed by atoms with Crippen LogP contribution in [-0.4, -0.2) is 11.9 Å². The van der Waals surface area contributed by atoms with Crippen molar-refractivity contribution in [1.29, 1.82) is 0 Å². The Bertz CT molecular complexity index is 670. The molecule has 21 heavy (non-hydrogen) atoms. The van der Waals surface area contributed by atoms with Gasteiger partial charge in [0.25, 0.3) is 5.91 Å². The molecular weight excluding hydrogens is 318 g/mol. The van der Waals surface area contributed by atoms with Crippen molar-refractivity contribution in [3.63, 3.8) is 0 Å². The Labute approximate surface area is 129 Å². The molecule has 0 bridgehead atoms. The predicted molar refractivity (Wildman–Crippen MR) is 79.3 cm³/mol. The third-order valence-electron chi connectivity index (χ3n) is 2.52. The molecular formula is C14H9Cl2FN2O2. The molecule has 2 aromatic carbocycles. The van der Waals surface area contributed by atoms with Gasteiger partial charge in [0.15, 0.2) is 0 Å². The Hall–Kier alpha value is -2.11. The average molecular weight is 327 g/mol. The molecule has 0 aliphatic rings. The summed E-state index contributed by atoms with van der Waals surface area (Å²) in [7, 11) is 0. The highest BCUT2D eigenvalue weighted by Crippen LogP contribution is 2.18. The predicted octanol–water partition coefficient (Wildman–Crippen LogP) is 4.09. The molecule has 0 unspecified atom stereocenters. The SMILES string of the molecule is O=C(NC(=O)c1c(F)cccc1Cl)Nc1ccc(Cl)cc1. The summed E-state index contributed by atoms with van der Waals surface area (Å²) in [4.78, 5) is 23.5. The number of benzene rings is 2. The summed E-state index contributed by atoms with van der Waals surface area (Å²) >= 11 is 11.4. The summed E-state index contributed by atoms with van der Waals surface area (Å²) in [6.45, 7) is 0. The largest absolute Gasteiger partial charge is 0.326 e. The minimum atomic E-state index is -0.926. The van der Waals surface area contributed by atoms with Crippen LogP contribution < -0.4 is 10.6 Å². The molecule has 0 atom stereocenters. The summed E-state index contributed by atoms with van der Waals surface area (Å²) in [6, 6.07) is 9.27. The van der Waals surface area contributed by atoms with Gasteiger partial charge in [0.1, 0.15) is 5.82 Å². The zero-order chi connectivity index (χ0) is 15.4. The van der Waals surface area contributed by atoms with Crippen LogP contribution >= 0.6 is 23.2 Å². The minimum absolute atomic E-state index is 0.0770. The van der Waals surface area contributed by atoms with Crippen LogP contribution in [0.1, 0.15) is 10.4 Å². The van der Waals surface area contributed by atoms with Gasteiger partial charge in [-0.3, -0.25) is 10.1 Å². The van der Waals surface area contributed by atoms with Crippen LogP contribution in [0.3, 0.4) is 0 Å². The molecule has 0 radical (unpaired) electrons. The lowest BCUT2D eigenvalue weighted by Crippen LogP contribution is -2.35. The Morgan fingerprint density at radius 2 is 1.67 bits per heavy atom. The molecule has 0 aliphatic carbocycles. The number of hydrogen-bond acceptors (Lipinski definition) is 2. The van der Waals surface area contributed by atoms with Crippen molar-refractivity contribution in [3.05, 3.63) is 63.9 Å². The van der Waals surface area contributed by atoms with Gasteiger partial charge in [0, 0.05) is 10.7 Å². The van der Waals surface area contributed by atoms with E-state index >= 15 is 0 Å². The highest BCUT2D eigenvalue weighted by molar-refractivity contribution is 6.34. The molecule has 0 spiro atoms. The monoisotopic (exact) mass is 326 g/mol. The second-order valence-corrected chi connectivity index (χ2v) is 4.86. The van der Waals surface area contributed by atoms with Gasteiger partial charge in [0.2, 0.25) is 0 Å². The van der Waals surface area contributed by atoms with E-state index in [1.54, 1.807) is 24.3 Å². The van der Waals surface area contributed by atoms with E-state index in [4.69, 9.17) is 23.2 Å². The fourth-order valence-corrected chi connectivity index (χ4v) is 1.95. The molecule has 0 fully saturated rings. The summed E-state index contributed by atoms with van der Waals surface area (Å²) < 4.78 is 13.5. The molecule has 7 heteroatoms. The van der Waals surface area contributed by atoms with Crippen LogP contribution in [0.4, 0.5) is 14.9 Å². The molecule has 2 aromatic rings. The first-order chi connectivity index (χ1) is 9.97. The first-order valence-corrected chi connectivity index (χ1v) is 6.55. The van der Waals surface area contributed by atoms with Gasteiger partial charge in [-0.1, -0.05) is 29.3 Å². The van der Waals surface area contributed by atoms with E-state index in [2.05, 4.69) is 5.32 Å². The summed E-state index contributed by atoms with van der Waals surface area (Å²) in [5, 5.41) is 4.84. The van der Waals surface area contributed by atoms with Crippen molar-refractivity contribution in [2.24, 2.45) is 0 Å². The first kappa shape index (κ1) is 15.3. The molecule has 0 saturated heterocycles. The molecule has 3 amide bonds. The van der Waals surface area contributed by atoms with Gasteiger partial charge in [0.05, 0.1) is 10.6 Å². The quantitative estimate of drug-likeness (QED) is 0.873. The lowest BCUT2D eigenvalue weighted by atomic mass is 10.2. The maximum atomic E-state index is 13.5. The number of rotatable bonds is 2. The number of anilines is 1. The van der Waals surface area contributed by atoms with Crippen molar-refractivity contribution < 1.29 is 14.0 Å². The van der Waals surface area contributed by atoms with Crippen molar-refractivity contribution in [2.75, 3.05) is 5.32 Å². The Balaban J connectivity index is 2.06. The van der Waals surface area contributed by atoms with E-state index < -0.39 is 17.8 Å². The van der Waals surface area contributed by atoms with Gasteiger partial charge in [-0.2, -0.15) is 0 Å². The van der Waals surface area contributed by atoms with E-state index in [0.717, 1.165) is 6.07 Å². The molecule has 4 nitrogen and oxygen atoms in total. The standard InChI is InChI=1S/C14H9Cl2FN2O2/c15-8-4-6-9(7-5-8)18-14(21)19-13(20)12-10(16)2-1-3-11(12)17/h1-7H,(H2,18,19,20,21). The fourth-order valence-electron chi connectivity index (χ4n) is 1.58. The highest BCUT2D eigenvalue weighted by Gasteiger charge is 2.17. The van der Waals surface area contributed by atoms with Crippen molar-refractivity contribution in [2.45, 2.75) is 0 Å². The lowest BCUT2D eigenvalue weighted by Gasteiger charge is -2.08.